The molecule has 3 nitrogen and oxygen atoms in total. The normalized spacial score (nSPS) is 17.5. The molecule has 128 valence electrons. The zero-order valence-corrected chi connectivity index (χ0v) is 15.4. The molecule has 0 saturated carbocycles. The first-order valence-corrected chi connectivity index (χ1v) is 9.50. The van der Waals surface area contributed by atoms with Gasteiger partial charge in [-0.2, -0.15) is 0 Å². The van der Waals surface area contributed by atoms with Gasteiger partial charge in [0.2, 0.25) is 0 Å². The van der Waals surface area contributed by atoms with Crippen molar-refractivity contribution in [1.29, 1.82) is 0 Å². The van der Waals surface area contributed by atoms with E-state index in [9.17, 15) is 4.79 Å². The molecule has 3 rings (SSSR count). The number of benzene rings is 1. The van der Waals surface area contributed by atoms with Crippen molar-refractivity contribution in [3.63, 3.8) is 0 Å². The van der Waals surface area contributed by atoms with Crippen LogP contribution in [0.3, 0.4) is 0 Å². The lowest BCUT2D eigenvalue weighted by Gasteiger charge is -2.24. The van der Waals surface area contributed by atoms with Crippen molar-refractivity contribution in [2.45, 2.75) is 45.6 Å². The summed E-state index contributed by atoms with van der Waals surface area (Å²) in [4.78, 5) is 15.9. The molecule has 2 aromatic rings. The predicted octanol–water partition coefficient (Wildman–Crippen LogP) is 4.92. The van der Waals surface area contributed by atoms with Crippen molar-refractivity contribution < 1.29 is 9.53 Å². The second-order valence-electron chi connectivity index (χ2n) is 6.73. The number of hydrogen-bond donors (Lipinski definition) is 0. The van der Waals surface area contributed by atoms with Crippen LogP contribution in [-0.2, 0) is 4.79 Å². The van der Waals surface area contributed by atoms with E-state index in [2.05, 4.69) is 49.6 Å². The van der Waals surface area contributed by atoms with Crippen molar-refractivity contribution in [3.05, 3.63) is 51.7 Å². The maximum atomic E-state index is 12.7. The fourth-order valence-corrected chi connectivity index (χ4v) is 4.07. The largest absolute Gasteiger partial charge is 0.483 e. The molecule has 1 atom stereocenters. The van der Waals surface area contributed by atoms with Gasteiger partial charge < -0.3 is 9.64 Å². The van der Waals surface area contributed by atoms with Crippen molar-refractivity contribution in [3.8, 4) is 5.75 Å². The molecule has 0 N–H and O–H groups in total. The van der Waals surface area contributed by atoms with Crippen LogP contribution in [0, 0.1) is 6.92 Å². The summed E-state index contributed by atoms with van der Waals surface area (Å²) in [7, 11) is 0. The summed E-state index contributed by atoms with van der Waals surface area (Å²) in [5.74, 6) is 1.35. The predicted molar refractivity (Wildman–Crippen MR) is 98.8 cm³/mol. The number of aryl methyl sites for hydroxylation is 1. The molecule has 0 aliphatic carbocycles. The lowest BCUT2D eigenvalue weighted by molar-refractivity contribution is -0.134. The molecule has 1 aliphatic heterocycles. The van der Waals surface area contributed by atoms with Gasteiger partial charge in [-0.1, -0.05) is 32.0 Å². The van der Waals surface area contributed by atoms with Crippen LogP contribution in [0.25, 0.3) is 0 Å². The van der Waals surface area contributed by atoms with Crippen LogP contribution in [0.1, 0.15) is 54.7 Å². The molecule has 1 saturated heterocycles. The van der Waals surface area contributed by atoms with Gasteiger partial charge in [-0.05, 0) is 54.3 Å². The van der Waals surface area contributed by atoms with Gasteiger partial charge in [0.05, 0.1) is 6.04 Å². The van der Waals surface area contributed by atoms with Crippen molar-refractivity contribution in [2.75, 3.05) is 13.2 Å². The third-order valence-electron chi connectivity index (χ3n) is 4.67. The first-order valence-electron chi connectivity index (χ1n) is 8.62. The van der Waals surface area contributed by atoms with E-state index in [0.29, 0.717) is 5.92 Å². The van der Waals surface area contributed by atoms with E-state index in [4.69, 9.17) is 4.74 Å². The van der Waals surface area contributed by atoms with E-state index < -0.39 is 0 Å². The van der Waals surface area contributed by atoms with Gasteiger partial charge in [0, 0.05) is 11.4 Å². The topological polar surface area (TPSA) is 29.5 Å². The molecular formula is C20H25NO2S. The molecule has 1 aromatic carbocycles. The fourth-order valence-electron chi connectivity index (χ4n) is 3.20. The SMILES string of the molecule is Cc1ccc(C(C)C)cc1OCC(=O)N1CCCC1c1cccs1. The van der Waals surface area contributed by atoms with Crippen molar-refractivity contribution in [1.82, 2.24) is 4.90 Å². The smallest absolute Gasteiger partial charge is 0.261 e. The highest BCUT2D eigenvalue weighted by atomic mass is 32.1. The highest BCUT2D eigenvalue weighted by molar-refractivity contribution is 7.10. The summed E-state index contributed by atoms with van der Waals surface area (Å²) in [6.07, 6.45) is 2.12. The molecule has 0 spiro atoms. The molecule has 1 amide bonds. The summed E-state index contributed by atoms with van der Waals surface area (Å²) in [6, 6.07) is 10.7. The monoisotopic (exact) mass is 343 g/mol. The number of ether oxygens (including phenoxy) is 1. The summed E-state index contributed by atoms with van der Waals surface area (Å²) < 4.78 is 5.88. The molecule has 1 aromatic heterocycles. The molecule has 2 heterocycles. The van der Waals surface area contributed by atoms with Crippen LogP contribution in [0.2, 0.25) is 0 Å². The second kappa shape index (κ2) is 7.39. The first kappa shape index (κ1) is 17.0. The van der Waals surface area contributed by atoms with Gasteiger partial charge in [0.25, 0.3) is 5.91 Å². The summed E-state index contributed by atoms with van der Waals surface area (Å²) in [5, 5.41) is 2.08. The van der Waals surface area contributed by atoms with Gasteiger partial charge in [-0.25, -0.2) is 0 Å². The molecule has 24 heavy (non-hydrogen) atoms. The zero-order chi connectivity index (χ0) is 17.1. The van der Waals surface area contributed by atoms with E-state index in [1.165, 1.54) is 10.4 Å². The summed E-state index contributed by atoms with van der Waals surface area (Å²) in [6.45, 7) is 7.29. The molecular weight excluding hydrogens is 318 g/mol. The molecule has 1 unspecified atom stereocenters. The Labute approximate surface area is 148 Å². The number of carbonyl (C=O) groups is 1. The number of carbonyl (C=O) groups excluding carboxylic acids is 1. The average molecular weight is 343 g/mol. The van der Waals surface area contributed by atoms with Crippen LogP contribution < -0.4 is 4.74 Å². The Morgan fingerprint density at radius 1 is 1.38 bits per heavy atom. The fraction of sp³-hybridized carbons (Fsp3) is 0.450. The Hall–Kier alpha value is -1.81. The Bertz CT molecular complexity index is 694. The molecule has 1 fully saturated rings. The van der Waals surface area contributed by atoms with E-state index in [1.54, 1.807) is 11.3 Å². The highest BCUT2D eigenvalue weighted by Gasteiger charge is 2.30. The zero-order valence-electron chi connectivity index (χ0n) is 14.6. The quantitative estimate of drug-likeness (QED) is 0.771. The van der Waals surface area contributed by atoms with Gasteiger partial charge in [-0.3, -0.25) is 4.79 Å². The maximum absolute atomic E-state index is 12.7. The molecule has 4 heteroatoms. The van der Waals surface area contributed by atoms with Crippen LogP contribution in [-0.4, -0.2) is 24.0 Å². The van der Waals surface area contributed by atoms with Crippen molar-refractivity contribution >= 4 is 17.2 Å². The van der Waals surface area contributed by atoms with Crippen LogP contribution in [0.5, 0.6) is 5.75 Å². The number of nitrogens with zero attached hydrogens (tertiary/aromatic N) is 1. The summed E-state index contributed by atoms with van der Waals surface area (Å²) in [5.41, 5.74) is 2.31. The van der Waals surface area contributed by atoms with E-state index in [1.807, 2.05) is 11.8 Å². The lowest BCUT2D eigenvalue weighted by atomic mass is 10.0. The lowest BCUT2D eigenvalue weighted by Crippen LogP contribution is -2.34. The number of thiophene rings is 1. The van der Waals surface area contributed by atoms with Gasteiger partial charge >= 0.3 is 0 Å². The van der Waals surface area contributed by atoms with Gasteiger partial charge in [0.1, 0.15) is 5.75 Å². The Balaban J connectivity index is 1.66. The standard InChI is InChI=1S/C20H25NO2S/c1-14(2)16-9-8-15(3)18(12-16)23-13-20(22)21-10-4-6-17(21)19-7-5-11-24-19/h5,7-9,11-12,14,17H,4,6,10,13H2,1-3H3. The molecule has 1 aliphatic rings. The Morgan fingerprint density at radius 2 is 2.21 bits per heavy atom. The third-order valence-corrected chi connectivity index (χ3v) is 5.65. The van der Waals surface area contributed by atoms with Crippen LogP contribution in [0.4, 0.5) is 0 Å². The van der Waals surface area contributed by atoms with E-state index in [0.717, 1.165) is 30.7 Å². The van der Waals surface area contributed by atoms with Crippen molar-refractivity contribution in [2.24, 2.45) is 0 Å². The second-order valence-corrected chi connectivity index (χ2v) is 7.71. The minimum absolute atomic E-state index is 0.0836. The number of amides is 1. The van der Waals surface area contributed by atoms with E-state index >= 15 is 0 Å². The number of hydrogen-bond acceptors (Lipinski definition) is 3. The minimum atomic E-state index is 0.0836. The third kappa shape index (κ3) is 3.64. The van der Waals surface area contributed by atoms with Crippen LogP contribution in [0.15, 0.2) is 35.7 Å². The molecule has 0 radical (unpaired) electrons. The first-order chi connectivity index (χ1) is 11.6. The Kier molecular flexibility index (Phi) is 5.24. The number of likely N-dealkylation sites (tertiary alicyclic amines) is 1. The van der Waals surface area contributed by atoms with E-state index in [-0.39, 0.29) is 18.6 Å². The highest BCUT2D eigenvalue weighted by Crippen LogP contribution is 2.34. The summed E-state index contributed by atoms with van der Waals surface area (Å²) >= 11 is 1.73. The van der Waals surface area contributed by atoms with Gasteiger partial charge in [0.15, 0.2) is 6.61 Å². The van der Waals surface area contributed by atoms with Crippen LogP contribution >= 0.6 is 11.3 Å². The molecule has 0 bridgehead atoms. The number of rotatable bonds is 5. The van der Waals surface area contributed by atoms with Gasteiger partial charge in [-0.15, -0.1) is 11.3 Å². The average Bonchev–Trinajstić information content (AvgIpc) is 3.24. The minimum Gasteiger partial charge on any atom is -0.483 e. The maximum Gasteiger partial charge on any atom is 0.261 e. The Morgan fingerprint density at radius 3 is 2.92 bits per heavy atom.